The molecule has 7 heteroatoms. The standard InChI is InChI=1S/C17H17ClN2O3S/c1-10-8-12(5-4-11(10)9-21)19-16(23)17(2,3)20-15(22)13-6-7-14(18)24-13/h4-9H,1-3H3,(H,19,23)(H,20,22). The highest BCUT2D eigenvalue weighted by atomic mass is 35.5. The van der Waals surface area contributed by atoms with Gasteiger partial charge in [-0.1, -0.05) is 11.6 Å². The molecule has 0 radical (unpaired) electrons. The van der Waals surface area contributed by atoms with E-state index in [-0.39, 0.29) is 11.8 Å². The minimum atomic E-state index is -1.12. The SMILES string of the molecule is Cc1cc(NC(=O)C(C)(C)NC(=O)c2ccc(Cl)s2)ccc1C=O. The van der Waals surface area contributed by atoms with E-state index in [1.54, 1.807) is 51.1 Å². The molecule has 2 N–H and O–H groups in total. The summed E-state index contributed by atoms with van der Waals surface area (Å²) in [5, 5.41) is 5.43. The maximum absolute atomic E-state index is 12.5. The van der Waals surface area contributed by atoms with Gasteiger partial charge < -0.3 is 10.6 Å². The molecular formula is C17H17ClN2O3S. The Morgan fingerprint density at radius 3 is 2.46 bits per heavy atom. The third kappa shape index (κ3) is 4.21. The van der Waals surface area contributed by atoms with Gasteiger partial charge in [-0.05, 0) is 56.7 Å². The normalized spacial score (nSPS) is 11.0. The van der Waals surface area contributed by atoms with E-state index >= 15 is 0 Å². The fourth-order valence-electron chi connectivity index (χ4n) is 2.01. The molecule has 5 nitrogen and oxygen atoms in total. The van der Waals surface area contributed by atoms with Crippen LogP contribution < -0.4 is 10.6 Å². The van der Waals surface area contributed by atoms with Gasteiger partial charge in [0.15, 0.2) is 0 Å². The minimum Gasteiger partial charge on any atom is -0.337 e. The second-order valence-corrected chi connectivity index (χ2v) is 7.54. The number of rotatable bonds is 5. The Balaban J connectivity index is 2.08. The summed E-state index contributed by atoms with van der Waals surface area (Å²) < 4.78 is 0.508. The molecule has 0 saturated carbocycles. The van der Waals surface area contributed by atoms with Gasteiger partial charge in [-0.3, -0.25) is 14.4 Å². The molecule has 0 saturated heterocycles. The van der Waals surface area contributed by atoms with Crippen molar-refractivity contribution >= 4 is 46.7 Å². The number of hydrogen-bond donors (Lipinski definition) is 2. The fourth-order valence-corrected chi connectivity index (χ4v) is 2.95. The molecule has 0 spiro atoms. The Morgan fingerprint density at radius 1 is 1.21 bits per heavy atom. The summed E-state index contributed by atoms with van der Waals surface area (Å²) in [4.78, 5) is 35.9. The van der Waals surface area contributed by atoms with Gasteiger partial charge in [0.1, 0.15) is 11.8 Å². The van der Waals surface area contributed by atoms with Crippen LogP contribution in [0, 0.1) is 6.92 Å². The third-order valence-corrected chi connectivity index (χ3v) is 4.68. The molecule has 1 heterocycles. The monoisotopic (exact) mass is 364 g/mol. The summed E-state index contributed by atoms with van der Waals surface area (Å²) >= 11 is 6.97. The fraction of sp³-hybridized carbons (Fsp3) is 0.235. The number of amides is 2. The highest BCUT2D eigenvalue weighted by Crippen LogP contribution is 2.22. The van der Waals surface area contributed by atoms with Gasteiger partial charge in [-0.15, -0.1) is 11.3 Å². The van der Waals surface area contributed by atoms with Crippen LogP contribution >= 0.6 is 22.9 Å². The van der Waals surface area contributed by atoms with Crippen LogP contribution in [0.4, 0.5) is 5.69 Å². The first-order valence-corrected chi connectivity index (χ1v) is 8.37. The number of anilines is 1. The zero-order valence-electron chi connectivity index (χ0n) is 13.5. The lowest BCUT2D eigenvalue weighted by Crippen LogP contribution is -2.52. The molecule has 0 aliphatic carbocycles. The third-order valence-electron chi connectivity index (χ3n) is 3.45. The van der Waals surface area contributed by atoms with E-state index in [1.165, 1.54) is 0 Å². The highest BCUT2D eigenvalue weighted by molar-refractivity contribution is 7.18. The van der Waals surface area contributed by atoms with E-state index in [0.717, 1.165) is 23.2 Å². The molecule has 0 aliphatic rings. The van der Waals surface area contributed by atoms with Crippen molar-refractivity contribution in [1.82, 2.24) is 5.32 Å². The first-order valence-electron chi connectivity index (χ1n) is 7.18. The molecular weight excluding hydrogens is 348 g/mol. The molecule has 1 aromatic heterocycles. The molecule has 126 valence electrons. The molecule has 1 aromatic carbocycles. The number of benzene rings is 1. The average molecular weight is 365 g/mol. The van der Waals surface area contributed by atoms with E-state index < -0.39 is 5.54 Å². The van der Waals surface area contributed by atoms with Gasteiger partial charge in [0.25, 0.3) is 5.91 Å². The Bertz CT molecular complexity index is 799. The lowest BCUT2D eigenvalue weighted by Gasteiger charge is -2.25. The number of thiophene rings is 1. The molecule has 0 aliphatic heterocycles. The second-order valence-electron chi connectivity index (χ2n) is 5.83. The Hall–Kier alpha value is -2.18. The van der Waals surface area contributed by atoms with Crippen LogP contribution in [0.2, 0.25) is 4.34 Å². The quantitative estimate of drug-likeness (QED) is 0.795. The molecule has 2 rings (SSSR count). The zero-order valence-corrected chi connectivity index (χ0v) is 15.0. The number of halogens is 1. The van der Waals surface area contributed by atoms with Crippen molar-refractivity contribution in [2.24, 2.45) is 0 Å². The van der Waals surface area contributed by atoms with Crippen molar-refractivity contribution in [3.05, 3.63) is 50.7 Å². The molecule has 0 atom stereocenters. The van der Waals surface area contributed by atoms with Crippen molar-refractivity contribution in [2.75, 3.05) is 5.32 Å². The number of nitrogens with one attached hydrogen (secondary N) is 2. The zero-order chi connectivity index (χ0) is 17.9. The van der Waals surface area contributed by atoms with Gasteiger partial charge >= 0.3 is 0 Å². The average Bonchev–Trinajstić information content (AvgIpc) is 2.93. The van der Waals surface area contributed by atoms with Crippen molar-refractivity contribution < 1.29 is 14.4 Å². The van der Waals surface area contributed by atoms with Crippen LogP contribution in [0.1, 0.15) is 39.4 Å². The molecule has 0 unspecified atom stereocenters. The van der Waals surface area contributed by atoms with Crippen LogP contribution in [0.25, 0.3) is 0 Å². The van der Waals surface area contributed by atoms with Gasteiger partial charge in [-0.25, -0.2) is 0 Å². The Morgan fingerprint density at radius 2 is 1.92 bits per heavy atom. The van der Waals surface area contributed by atoms with Crippen LogP contribution in [0.5, 0.6) is 0 Å². The van der Waals surface area contributed by atoms with Gasteiger partial charge in [-0.2, -0.15) is 0 Å². The summed E-state index contributed by atoms with van der Waals surface area (Å²) in [6.45, 7) is 5.01. The number of aryl methyl sites for hydroxylation is 1. The van der Waals surface area contributed by atoms with Crippen molar-refractivity contribution in [2.45, 2.75) is 26.3 Å². The smallest absolute Gasteiger partial charge is 0.262 e. The molecule has 2 amide bonds. The predicted molar refractivity (Wildman–Crippen MR) is 96.1 cm³/mol. The maximum atomic E-state index is 12.5. The van der Waals surface area contributed by atoms with Crippen molar-refractivity contribution in [1.29, 1.82) is 0 Å². The largest absolute Gasteiger partial charge is 0.337 e. The highest BCUT2D eigenvalue weighted by Gasteiger charge is 2.30. The summed E-state index contributed by atoms with van der Waals surface area (Å²) in [6.07, 6.45) is 0.761. The van der Waals surface area contributed by atoms with E-state index in [2.05, 4.69) is 10.6 Å². The van der Waals surface area contributed by atoms with Crippen LogP contribution in [-0.4, -0.2) is 23.6 Å². The lowest BCUT2D eigenvalue weighted by molar-refractivity contribution is -0.120. The summed E-state index contributed by atoms with van der Waals surface area (Å²) in [5.74, 6) is -0.726. The maximum Gasteiger partial charge on any atom is 0.262 e. The molecule has 24 heavy (non-hydrogen) atoms. The van der Waals surface area contributed by atoms with E-state index in [9.17, 15) is 14.4 Å². The second kappa shape index (κ2) is 7.15. The molecule has 0 fully saturated rings. The number of hydrogen-bond acceptors (Lipinski definition) is 4. The van der Waals surface area contributed by atoms with E-state index in [0.29, 0.717) is 20.5 Å². The summed E-state index contributed by atoms with van der Waals surface area (Å²) in [5.41, 5.74) is 0.766. The molecule has 2 aromatic rings. The number of carbonyl (C=O) groups is 3. The first kappa shape index (κ1) is 18.2. The van der Waals surface area contributed by atoms with E-state index in [4.69, 9.17) is 11.6 Å². The predicted octanol–water partition coefficient (Wildman–Crippen LogP) is 3.67. The van der Waals surface area contributed by atoms with Gasteiger partial charge in [0.2, 0.25) is 5.91 Å². The van der Waals surface area contributed by atoms with Crippen LogP contribution in [0.3, 0.4) is 0 Å². The Labute approximate surface area is 149 Å². The number of aldehydes is 1. The van der Waals surface area contributed by atoms with Crippen molar-refractivity contribution in [3.8, 4) is 0 Å². The first-order chi connectivity index (χ1) is 11.2. The Kier molecular flexibility index (Phi) is 5.41. The van der Waals surface area contributed by atoms with Crippen LogP contribution in [0.15, 0.2) is 30.3 Å². The topological polar surface area (TPSA) is 75.3 Å². The summed E-state index contributed by atoms with van der Waals surface area (Å²) in [6, 6.07) is 8.23. The minimum absolute atomic E-state index is 0.362. The summed E-state index contributed by atoms with van der Waals surface area (Å²) in [7, 11) is 0. The van der Waals surface area contributed by atoms with Gasteiger partial charge in [0, 0.05) is 11.3 Å². The van der Waals surface area contributed by atoms with Gasteiger partial charge in [0.05, 0.1) is 9.21 Å². The molecule has 0 bridgehead atoms. The lowest BCUT2D eigenvalue weighted by atomic mass is 10.0. The van der Waals surface area contributed by atoms with Crippen molar-refractivity contribution in [3.63, 3.8) is 0 Å². The van der Waals surface area contributed by atoms with Crippen LogP contribution in [-0.2, 0) is 4.79 Å². The van der Waals surface area contributed by atoms with E-state index in [1.807, 2.05) is 0 Å². The number of carbonyl (C=O) groups excluding carboxylic acids is 3.